The Balaban J connectivity index is 1.41. The standard InChI is InChI=1S/C19H19N3O2S/c23-18(13-25-15-7-9-20-10-8-15)22-11-3-4-14(12-22)19-21-16-5-1-2-6-17(16)24-19/h1-2,5-10,14H,3-4,11-13H2. The molecule has 4 rings (SSSR count). The molecule has 1 aliphatic heterocycles. The summed E-state index contributed by atoms with van der Waals surface area (Å²) >= 11 is 1.55. The molecule has 1 atom stereocenters. The van der Waals surface area contributed by atoms with Gasteiger partial charge in [0, 0.05) is 30.4 Å². The summed E-state index contributed by atoms with van der Waals surface area (Å²) in [6, 6.07) is 11.7. The van der Waals surface area contributed by atoms with Gasteiger partial charge in [-0.25, -0.2) is 4.98 Å². The number of likely N-dealkylation sites (tertiary alicyclic amines) is 1. The lowest BCUT2D eigenvalue weighted by atomic mass is 9.98. The van der Waals surface area contributed by atoms with Crippen LogP contribution in [0.2, 0.25) is 0 Å². The third-order valence-electron chi connectivity index (χ3n) is 4.45. The van der Waals surface area contributed by atoms with Gasteiger partial charge in [-0.15, -0.1) is 11.8 Å². The summed E-state index contributed by atoms with van der Waals surface area (Å²) in [5, 5.41) is 0. The smallest absolute Gasteiger partial charge is 0.232 e. The SMILES string of the molecule is O=C(CSc1ccncc1)N1CCCC(c2nc3ccccc3o2)C1. The van der Waals surface area contributed by atoms with Gasteiger partial charge in [0.15, 0.2) is 11.5 Å². The highest BCUT2D eigenvalue weighted by Gasteiger charge is 2.28. The van der Waals surface area contributed by atoms with Crippen LogP contribution >= 0.6 is 11.8 Å². The number of rotatable bonds is 4. The number of carbonyl (C=O) groups excluding carboxylic acids is 1. The zero-order valence-electron chi connectivity index (χ0n) is 13.8. The molecule has 5 nitrogen and oxygen atoms in total. The molecule has 0 spiro atoms. The molecule has 0 N–H and O–H groups in total. The molecule has 0 saturated carbocycles. The summed E-state index contributed by atoms with van der Waals surface area (Å²) in [4.78, 5) is 24.2. The fraction of sp³-hybridized carbons (Fsp3) is 0.316. The van der Waals surface area contributed by atoms with E-state index in [1.807, 2.05) is 41.3 Å². The molecule has 1 fully saturated rings. The Hall–Kier alpha value is -2.34. The number of oxazole rings is 1. The molecule has 3 heterocycles. The number of pyridine rings is 1. The molecule has 128 valence electrons. The third kappa shape index (κ3) is 3.69. The van der Waals surface area contributed by atoms with E-state index >= 15 is 0 Å². The van der Waals surface area contributed by atoms with Gasteiger partial charge in [-0.05, 0) is 37.1 Å². The van der Waals surface area contributed by atoms with Crippen LogP contribution in [0.5, 0.6) is 0 Å². The summed E-state index contributed by atoms with van der Waals surface area (Å²) in [6.45, 7) is 1.50. The van der Waals surface area contributed by atoms with Crippen molar-refractivity contribution in [2.24, 2.45) is 0 Å². The quantitative estimate of drug-likeness (QED) is 0.669. The molecule has 2 aromatic heterocycles. The first-order chi connectivity index (χ1) is 12.3. The van der Waals surface area contributed by atoms with Gasteiger partial charge in [0.25, 0.3) is 0 Å². The minimum Gasteiger partial charge on any atom is -0.440 e. The number of hydrogen-bond acceptors (Lipinski definition) is 5. The van der Waals surface area contributed by atoms with Crippen LogP contribution in [0, 0.1) is 0 Å². The number of thioether (sulfide) groups is 1. The fourth-order valence-electron chi connectivity index (χ4n) is 3.14. The van der Waals surface area contributed by atoms with Gasteiger partial charge in [-0.1, -0.05) is 12.1 Å². The van der Waals surface area contributed by atoms with Crippen LogP contribution in [-0.4, -0.2) is 39.6 Å². The van der Waals surface area contributed by atoms with Crippen molar-refractivity contribution >= 4 is 28.8 Å². The van der Waals surface area contributed by atoms with Gasteiger partial charge in [-0.2, -0.15) is 0 Å². The van der Waals surface area contributed by atoms with E-state index in [9.17, 15) is 4.79 Å². The highest BCUT2D eigenvalue weighted by atomic mass is 32.2. The van der Waals surface area contributed by atoms with E-state index in [0.29, 0.717) is 12.3 Å². The maximum atomic E-state index is 12.6. The van der Waals surface area contributed by atoms with Crippen molar-refractivity contribution in [1.29, 1.82) is 0 Å². The van der Waals surface area contributed by atoms with Crippen LogP contribution in [0.25, 0.3) is 11.1 Å². The monoisotopic (exact) mass is 353 g/mol. The number of piperidine rings is 1. The van der Waals surface area contributed by atoms with Gasteiger partial charge >= 0.3 is 0 Å². The van der Waals surface area contributed by atoms with E-state index < -0.39 is 0 Å². The lowest BCUT2D eigenvalue weighted by Crippen LogP contribution is -2.40. The van der Waals surface area contributed by atoms with Crippen LogP contribution in [-0.2, 0) is 4.79 Å². The van der Waals surface area contributed by atoms with Crippen molar-refractivity contribution in [1.82, 2.24) is 14.9 Å². The second-order valence-electron chi connectivity index (χ2n) is 6.17. The first-order valence-corrected chi connectivity index (χ1v) is 9.44. The molecule has 1 aliphatic rings. The molecule has 1 aromatic carbocycles. The van der Waals surface area contributed by atoms with E-state index in [4.69, 9.17) is 4.42 Å². The highest BCUT2D eigenvalue weighted by molar-refractivity contribution is 8.00. The van der Waals surface area contributed by atoms with E-state index in [0.717, 1.165) is 41.3 Å². The topological polar surface area (TPSA) is 59.2 Å². The number of hydrogen-bond donors (Lipinski definition) is 0. The Morgan fingerprint density at radius 2 is 2.08 bits per heavy atom. The second-order valence-corrected chi connectivity index (χ2v) is 7.22. The molecular weight excluding hydrogens is 334 g/mol. The minimum atomic E-state index is 0.169. The van der Waals surface area contributed by atoms with Crippen LogP contribution < -0.4 is 0 Å². The van der Waals surface area contributed by atoms with Gasteiger partial charge in [0.1, 0.15) is 5.52 Å². The Kier molecular flexibility index (Phi) is 4.70. The number of carbonyl (C=O) groups is 1. The lowest BCUT2D eigenvalue weighted by Gasteiger charge is -2.31. The summed E-state index contributed by atoms with van der Waals surface area (Å²) in [5.74, 6) is 1.55. The van der Waals surface area contributed by atoms with Crippen LogP contribution in [0.3, 0.4) is 0 Å². The Bertz CT molecular complexity index is 832. The van der Waals surface area contributed by atoms with Crippen molar-refractivity contribution < 1.29 is 9.21 Å². The lowest BCUT2D eigenvalue weighted by molar-refractivity contribution is -0.129. The summed E-state index contributed by atoms with van der Waals surface area (Å²) in [5.41, 5.74) is 1.70. The zero-order chi connectivity index (χ0) is 17.1. The van der Waals surface area contributed by atoms with Gasteiger partial charge in [0.2, 0.25) is 5.91 Å². The van der Waals surface area contributed by atoms with Crippen LogP contribution in [0.1, 0.15) is 24.7 Å². The normalized spacial score (nSPS) is 17.8. The molecule has 1 amide bonds. The highest BCUT2D eigenvalue weighted by Crippen LogP contribution is 2.29. The number of para-hydroxylation sites is 2. The van der Waals surface area contributed by atoms with Crippen LogP contribution in [0.15, 0.2) is 58.1 Å². The second kappa shape index (κ2) is 7.27. The Morgan fingerprint density at radius 3 is 2.92 bits per heavy atom. The van der Waals surface area contributed by atoms with Gasteiger partial charge in [-0.3, -0.25) is 9.78 Å². The number of nitrogens with zero attached hydrogens (tertiary/aromatic N) is 3. The average Bonchev–Trinajstić information content (AvgIpc) is 3.11. The summed E-state index contributed by atoms with van der Waals surface area (Å²) < 4.78 is 5.90. The molecule has 1 saturated heterocycles. The molecule has 0 radical (unpaired) electrons. The van der Waals surface area contributed by atoms with Crippen molar-refractivity contribution in [2.75, 3.05) is 18.8 Å². The maximum absolute atomic E-state index is 12.6. The molecule has 0 aliphatic carbocycles. The average molecular weight is 353 g/mol. The largest absolute Gasteiger partial charge is 0.440 e. The zero-order valence-corrected chi connectivity index (χ0v) is 14.6. The van der Waals surface area contributed by atoms with E-state index in [2.05, 4.69) is 9.97 Å². The predicted octanol–water partition coefficient (Wildman–Crippen LogP) is 3.72. The van der Waals surface area contributed by atoms with Crippen molar-refractivity contribution in [3.8, 4) is 0 Å². The maximum Gasteiger partial charge on any atom is 0.232 e. The third-order valence-corrected chi connectivity index (χ3v) is 5.44. The predicted molar refractivity (Wildman–Crippen MR) is 97.5 cm³/mol. The molecule has 0 bridgehead atoms. The minimum absolute atomic E-state index is 0.169. The van der Waals surface area contributed by atoms with E-state index in [1.165, 1.54) is 0 Å². The van der Waals surface area contributed by atoms with E-state index in [-0.39, 0.29) is 11.8 Å². The number of amides is 1. The first kappa shape index (κ1) is 16.1. The Labute approximate surface area is 150 Å². The number of fused-ring (bicyclic) bond motifs is 1. The summed E-state index contributed by atoms with van der Waals surface area (Å²) in [6.07, 6.45) is 5.48. The van der Waals surface area contributed by atoms with Crippen molar-refractivity contribution in [3.05, 3.63) is 54.7 Å². The van der Waals surface area contributed by atoms with E-state index in [1.54, 1.807) is 24.2 Å². The van der Waals surface area contributed by atoms with Crippen molar-refractivity contribution in [3.63, 3.8) is 0 Å². The fourth-order valence-corrected chi connectivity index (χ4v) is 3.93. The number of aromatic nitrogens is 2. The molecule has 6 heteroatoms. The van der Waals surface area contributed by atoms with Crippen molar-refractivity contribution in [2.45, 2.75) is 23.7 Å². The molecule has 3 aromatic rings. The first-order valence-electron chi connectivity index (χ1n) is 8.45. The molecule has 1 unspecified atom stereocenters. The Morgan fingerprint density at radius 1 is 1.24 bits per heavy atom. The molecular formula is C19H19N3O2S. The number of benzene rings is 1. The van der Waals surface area contributed by atoms with Gasteiger partial charge < -0.3 is 9.32 Å². The summed E-state index contributed by atoms with van der Waals surface area (Å²) in [7, 11) is 0. The van der Waals surface area contributed by atoms with Gasteiger partial charge in [0.05, 0.1) is 11.7 Å². The van der Waals surface area contributed by atoms with Crippen LogP contribution in [0.4, 0.5) is 0 Å². The molecule has 25 heavy (non-hydrogen) atoms.